The smallest absolute Gasteiger partial charge is 0.371 e. The van der Waals surface area contributed by atoms with Crippen LogP contribution in [0.4, 0.5) is 32.0 Å². The van der Waals surface area contributed by atoms with Gasteiger partial charge in [0.2, 0.25) is 0 Å². The molecule has 0 aromatic heterocycles. The van der Waals surface area contributed by atoms with Crippen LogP contribution in [-0.4, -0.2) is 44.2 Å². The number of hydrogen-bond donors (Lipinski definition) is 1. The van der Waals surface area contributed by atoms with Gasteiger partial charge in [-0.2, -0.15) is 26.3 Å². The summed E-state index contributed by atoms with van der Waals surface area (Å²) >= 11 is 0. The topological polar surface area (TPSA) is 57.6 Å². The number of rotatable bonds is 4. The van der Waals surface area contributed by atoms with Gasteiger partial charge >= 0.3 is 12.4 Å². The standard InChI is InChI=1S/C20H19F6NO3S/c21-19(22,23)18(28,20(24,25)26)14-6-8-15(9-7-14)27-12-10-17(11-13-27)31(29,30)16-4-2-1-3-5-16/h1-9,17,28H,10-13H2. The predicted molar refractivity (Wildman–Crippen MR) is 101 cm³/mol. The molecule has 1 heterocycles. The maximum absolute atomic E-state index is 13.0. The Morgan fingerprint density at radius 3 is 1.74 bits per heavy atom. The quantitative estimate of drug-likeness (QED) is 0.676. The molecule has 1 N–H and O–H groups in total. The van der Waals surface area contributed by atoms with E-state index >= 15 is 0 Å². The number of anilines is 1. The molecule has 2 aromatic carbocycles. The number of benzene rings is 2. The Balaban J connectivity index is 1.75. The zero-order valence-corrected chi connectivity index (χ0v) is 16.8. The van der Waals surface area contributed by atoms with E-state index in [1.54, 1.807) is 23.1 Å². The number of sulfone groups is 1. The van der Waals surface area contributed by atoms with Crippen LogP contribution in [0.15, 0.2) is 59.5 Å². The number of aliphatic hydroxyl groups is 1. The summed E-state index contributed by atoms with van der Waals surface area (Å²) in [5.41, 5.74) is -5.97. The van der Waals surface area contributed by atoms with Gasteiger partial charge in [0.25, 0.3) is 5.60 Å². The number of nitrogens with zero attached hydrogens (tertiary/aromatic N) is 1. The first-order valence-corrected chi connectivity index (χ1v) is 10.8. The van der Waals surface area contributed by atoms with Crippen molar-refractivity contribution in [3.63, 3.8) is 0 Å². The van der Waals surface area contributed by atoms with Crippen molar-refractivity contribution in [1.29, 1.82) is 0 Å². The normalized spacial score (nSPS) is 17.1. The first kappa shape index (κ1) is 23.4. The van der Waals surface area contributed by atoms with Crippen LogP contribution < -0.4 is 4.90 Å². The average Bonchev–Trinajstić information content (AvgIpc) is 2.72. The van der Waals surface area contributed by atoms with E-state index in [4.69, 9.17) is 0 Å². The maximum Gasteiger partial charge on any atom is 0.430 e. The maximum atomic E-state index is 13.0. The molecule has 0 saturated carbocycles. The lowest BCUT2D eigenvalue weighted by Gasteiger charge is -2.35. The summed E-state index contributed by atoms with van der Waals surface area (Å²) in [5, 5.41) is 8.83. The minimum Gasteiger partial charge on any atom is -0.371 e. The highest BCUT2D eigenvalue weighted by Gasteiger charge is 2.71. The van der Waals surface area contributed by atoms with E-state index in [9.17, 15) is 39.9 Å². The second-order valence-corrected chi connectivity index (χ2v) is 9.53. The van der Waals surface area contributed by atoms with Crippen LogP contribution in [0.25, 0.3) is 0 Å². The molecule has 0 amide bonds. The summed E-state index contributed by atoms with van der Waals surface area (Å²) < 4.78 is 103. The third-order valence-corrected chi connectivity index (χ3v) is 7.70. The molecule has 0 aliphatic carbocycles. The van der Waals surface area contributed by atoms with Crippen molar-refractivity contribution in [1.82, 2.24) is 0 Å². The van der Waals surface area contributed by atoms with Crippen LogP contribution in [0.1, 0.15) is 18.4 Å². The van der Waals surface area contributed by atoms with Crippen LogP contribution in [0.2, 0.25) is 0 Å². The predicted octanol–water partition coefficient (Wildman–Crippen LogP) is 4.44. The lowest BCUT2D eigenvalue weighted by atomic mass is 9.92. The molecule has 31 heavy (non-hydrogen) atoms. The van der Waals surface area contributed by atoms with Gasteiger partial charge < -0.3 is 10.0 Å². The molecule has 1 saturated heterocycles. The number of halogens is 6. The van der Waals surface area contributed by atoms with Gasteiger partial charge in [-0.15, -0.1) is 0 Å². The molecule has 11 heteroatoms. The fraction of sp³-hybridized carbons (Fsp3) is 0.400. The second kappa shape index (κ2) is 8.01. The molecule has 0 spiro atoms. The van der Waals surface area contributed by atoms with Gasteiger partial charge in [-0.3, -0.25) is 0 Å². The highest BCUT2D eigenvalue weighted by atomic mass is 32.2. The molecule has 1 fully saturated rings. The van der Waals surface area contributed by atoms with Crippen LogP contribution in [-0.2, 0) is 15.4 Å². The summed E-state index contributed by atoms with van der Waals surface area (Å²) in [6.07, 6.45) is -11.4. The van der Waals surface area contributed by atoms with E-state index in [2.05, 4.69) is 0 Å². The van der Waals surface area contributed by atoms with Gasteiger partial charge in [0.05, 0.1) is 10.1 Å². The zero-order valence-electron chi connectivity index (χ0n) is 16.0. The van der Waals surface area contributed by atoms with Gasteiger partial charge in [-0.05, 0) is 37.1 Å². The molecule has 0 atom stereocenters. The molecule has 1 aliphatic heterocycles. The summed E-state index contributed by atoms with van der Waals surface area (Å²) in [6.45, 7) is 0.526. The van der Waals surface area contributed by atoms with E-state index in [1.807, 2.05) is 0 Å². The Kier molecular flexibility index (Phi) is 6.05. The van der Waals surface area contributed by atoms with E-state index < -0.39 is 38.6 Å². The van der Waals surface area contributed by atoms with Gasteiger partial charge in [-0.25, -0.2) is 8.42 Å². The van der Waals surface area contributed by atoms with Crippen LogP contribution in [0.5, 0.6) is 0 Å². The lowest BCUT2D eigenvalue weighted by molar-refractivity contribution is -0.376. The third kappa shape index (κ3) is 4.25. The summed E-state index contributed by atoms with van der Waals surface area (Å²) in [6, 6.07) is 11.2. The average molecular weight is 467 g/mol. The summed E-state index contributed by atoms with van der Waals surface area (Å²) in [7, 11) is -3.54. The molecular weight excluding hydrogens is 448 g/mol. The molecular formula is C20H19F6NO3S. The molecule has 170 valence electrons. The van der Waals surface area contributed by atoms with Crippen LogP contribution >= 0.6 is 0 Å². The highest BCUT2D eigenvalue weighted by Crippen LogP contribution is 2.50. The monoisotopic (exact) mass is 467 g/mol. The zero-order chi connectivity index (χ0) is 23.1. The Morgan fingerprint density at radius 2 is 1.29 bits per heavy atom. The molecule has 2 aromatic rings. The Morgan fingerprint density at radius 1 is 0.806 bits per heavy atom. The van der Waals surface area contributed by atoms with Gasteiger partial charge in [0, 0.05) is 24.3 Å². The number of alkyl halides is 6. The highest BCUT2D eigenvalue weighted by molar-refractivity contribution is 7.92. The first-order chi connectivity index (χ1) is 14.3. The van der Waals surface area contributed by atoms with Crippen molar-refractivity contribution in [3.05, 3.63) is 60.2 Å². The van der Waals surface area contributed by atoms with Crippen molar-refractivity contribution >= 4 is 15.5 Å². The molecule has 3 rings (SSSR count). The molecule has 0 bridgehead atoms. The van der Waals surface area contributed by atoms with Crippen molar-refractivity contribution < 1.29 is 39.9 Å². The summed E-state index contributed by atoms with van der Waals surface area (Å²) in [4.78, 5) is 1.89. The van der Waals surface area contributed by atoms with E-state index in [1.165, 1.54) is 12.1 Å². The summed E-state index contributed by atoms with van der Waals surface area (Å²) in [5.74, 6) is 0. The third-order valence-electron chi connectivity index (χ3n) is 5.42. The van der Waals surface area contributed by atoms with Crippen molar-refractivity contribution in [2.75, 3.05) is 18.0 Å². The van der Waals surface area contributed by atoms with E-state index in [0.29, 0.717) is 17.8 Å². The number of piperidine rings is 1. The minimum atomic E-state index is -5.95. The Bertz CT molecular complexity index is 982. The SMILES string of the molecule is O=S(=O)(c1ccccc1)C1CCN(c2ccc(C(O)(C(F)(F)F)C(F)(F)F)cc2)CC1. The van der Waals surface area contributed by atoms with Crippen LogP contribution in [0.3, 0.4) is 0 Å². The van der Waals surface area contributed by atoms with Gasteiger partial charge in [0.1, 0.15) is 0 Å². The Hall–Kier alpha value is -2.27. The Labute approximate surface area is 175 Å². The minimum absolute atomic E-state index is 0.205. The van der Waals surface area contributed by atoms with E-state index in [0.717, 1.165) is 12.1 Å². The largest absolute Gasteiger partial charge is 0.430 e. The van der Waals surface area contributed by atoms with E-state index in [-0.39, 0.29) is 30.8 Å². The van der Waals surface area contributed by atoms with Gasteiger partial charge in [-0.1, -0.05) is 30.3 Å². The second-order valence-electron chi connectivity index (χ2n) is 7.30. The molecule has 0 radical (unpaired) electrons. The fourth-order valence-corrected chi connectivity index (χ4v) is 5.38. The van der Waals surface area contributed by atoms with Crippen molar-refractivity contribution in [2.24, 2.45) is 0 Å². The van der Waals surface area contributed by atoms with Crippen molar-refractivity contribution in [3.8, 4) is 0 Å². The van der Waals surface area contributed by atoms with Gasteiger partial charge in [0.15, 0.2) is 9.84 Å². The molecule has 0 unspecified atom stereocenters. The first-order valence-electron chi connectivity index (χ1n) is 9.29. The molecule has 1 aliphatic rings. The molecule has 4 nitrogen and oxygen atoms in total. The van der Waals surface area contributed by atoms with Crippen LogP contribution in [0, 0.1) is 0 Å². The lowest BCUT2D eigenvalue weighted by Crippen LogP contribution is -2.53. The fourth-order valence-electron chi connectivity index (χ4n) is 3.63. The van der Waals surface area contributed by atoms with Crippen molar-refractivity contribution in [2.45, 2.75) is 40.9 Å². The number of hydrogen-bond acceptors (Lipinski definition) is 4.